The van der Waals surface area contributed by atoms with Gasteiger partial charge in [-0.1, -0.05) is 39.0 Å². The van der Waals surface area contributed by atoms with Gasteiger partial charge >= 0.3 is 0 Å². The van der Waals surface area contributed by atoms with Crippen molar-refractivity contribution in [2.45, 2.75) is 66.2 Å². The molecule has 2 atom stereocenters. The second-order valence-electron chi connectivity index (χ2n) is 10.7. The van der Waals surface area contributed by atoms with Gasteiger partial charge in [-0.15, -0.1) is 11.3 Å². The maximum Gasteiger partial charge on any atom is 0.217 e. The Hall–Kier alpha value is -2.61. The number of hydrogen-bond acceptors (Lipinski definition) is 4. The fourth-order valence-corrected chi connectivity index (χ4v) is 5.31. The lowest BCUT2D eigenvalue weighted by molar-refractivity contribution is -0.120. The van der Waals surface area contributed by atoms with Gasteiger partial charge in [-0.05, 0) is 76.6 Å². The number of halogens is 2. The smallest absolute Gasteiger partial charge is 0.217 e. The SMILES string of the molecule is CC(=O)NC(Cc1cc(F)cc(F)c1)C(O)CNCc1cc(CC(C)(C)C)ccc1-c1cc(C)cs1. The van der Waals surface area contributed by atoms with Crippen molar-refractivity contribution in [3.8, 4) is 10.4 Å². The summed E-state index contributed by atoms with van der Waals surface area (Å²) in [4.78, 5) is 12.9. The summed E-state index contributed by atoms with van der Waals surface area (Å²) in [5, 5.41) is 19.0. The molecule has 7 heteroatoms. The summed E-state index contributed by atoms with van der Waals surface area (Å²) < 4.78 is 27.3. The first-order valence-corrected chi connectivity index (χ1v) is 13.1. The molecule has 194 valence electrons. The topological polar surface area (TPSA) is 61.4 Å². The number of aliphatic hydroxyl groups excluding tert-OH is 1. The van der Waals surface area contributed by atoms with E-state index in [4.69, 9.17) is 0 Å². The Kier molecular flexibility index (Phi) is 9.39. The van der Waals surface area contributed by atoms with Crippen LogP contribution in [0.3, 0.4) is 0 Å². The largest absolute Gasteiger partial charge is 0.390 e. The van der Waals surface area contributed by atoms with Crippen molar-refractivity contribution in [3.63, 3.8) is 0 Å². The summed E-state index contributed by atoms with van der Waals surface area (Å²) in [6.45, 7) is 10.8. The Balaban J connectivity index is 1.74. The van der Waals surface area contributed by atoms with Crippen molar-refractivity contribution >= 4 is 17.2 Å². The number of rotatable bonds is 10. The van der Waals surface area contributed by atoms with E-state index in [0.29, 0.717) is 12.1 Å². The summed E-state index contributed by atoms with van der Waals surface area (Å²) in [7, 11) is 0. The average Bonchev–Trinajstić information content (AvgIpc) is 3.17. The van der Waals surface area contributed by atoms with Crippen LogP contribution in [0.1, 0.15) is 49.9 Å². The molecule has 0 saturated heterocycles. The lowest BCUT2D eigenvalue weighted by Crippen LogP contribution is -2.48. The van der Waals surface area contributed by atoms with Crippen molar-refractivity contribution in [2.75, 3.05) is 6.54 Å². The Morgan fingerprint density at radius 2 is 1.75 bits per heavy atom. The maximum atomic E-state index is 13.6. The molecule has 0 spiro atoms. The minimum Gasteiger partial charge on any atom is -0.390 e. The van der Waals surface area contributed by atoms with Gasteiger partial charge in [-0.2, -0.15) is 0 Å². The number of carbonyl (C=O) groups is 1. The molecule has 0 radical (unpaired) electrons. The molecule has 2 aromatic carbocycles. The molecule has 4 nitrogen and oxygen atoms in total. The fraction of sp³-hybridized carbons (Fsp3) is 0.414. The lowest BCUT2D eigenvalue weighted by atomic mass is 9.87. The quantitative estimate of drug-likeness (QED) is 0.321. The van der Waals surface area contributed by atoms with Crippen LogP contribution in [-0.4, -0.2) is 29.7 Å². The molecular formula is C29H36F2N2O2S. The standard InChI is InChI=1S/C29H36F2N2O2S/c1-18-8-28(36-17-18)25-7-6-20(14-29(3,4)5)9-22(25)15-32-16-27(35)26(33-19(2)34)12-21-10-23(30)13-24(31)11-21/h6-11,13,17,26-27,32,35H,12,14-16H2,1-5H3,(H,33,34). The lowest BCUT2D eigenvalue weighted by Gasteiger charge is -2.25. The van der Waals surface area contributed by atoms with Crippen LogP contribution in [0.25, 0.3) is 10.4 Å². The molecule has 0 bridgehead atoms. The summed E-state index contributed by atoms with van der Waals surface area (Å²) in [5.41, 5.74) is 5.28. The van der Waals surface area contributed by atoms with E-state index in [1.807, 2.05) is 0 Å². The van der Waals surface area contributed by atoms with E-state index in [1.54, 1.807) is 11.3 Å². The van der Waals surface area contributed by atoms with Crippen LogP contribution >= 0.6 is 11.3 Å². The Morgan fingerprint density at radius 1 is 1.06 bits per heavy atom. The summed E-state index contributed by atoms with van der Waals surface area (Å²) in [5.74, 6) is -1.70. The van der Waals surface area contributed by atoms with E-state index in [9.17, 15) is 18.7 Å². The highest BCUT2D eigenvalue weighted by atomic mass is 32.1. The second kappa shape index (κ2) is 12.1. The van der Waals surface area contributed by atoms with Gasteiger partial charge in [0.05, 0.1) is 12.1 Å². The van der Waals surface area contributed by atoms with Gasteiger partial charge in [0.1, 0.15) is 11.6 Å². The summed E-state index contributed by atoms with van der Waals surface area (Å²) in [6, 6.07) is 11.3. The van der Waals surface area contributed by atoms with E-state index in [-0.39, 0.29) is 24.3 Å². The highest BCUT2D eigenvalue weighted by Crippen LogP contribution is 2.32. The molecule has 0 aliphatic rings. The predicted molar refractivity (Wildman–Crippen MR) is 143 cm³/mol. The summed E-state index contributed by atoms with van der Waals surface area (Å²) in [6.07, 6.45) is 0.101. The van der Waals surface area contributed by atoms with Crippen LogP contribution in [0.15, 0.2) is 47.8 Å². The zero-order chi connectivity index (χ0) is 26.5. The molecule has 1 aromatic heterocycles. The molecular weight excluding hydrogens is 478 g/mol. The molecule has 3 aromatic rings. The van der Waals surface area contributed by atoms with Gasteiger partial charge in [-0.3, -0.25) is 4.79 Å². The van der Waals surface area contributed by atoms with E-state index in [0.717, 1.165) is 23.6 Å². The fourth-order valence-electron chi connectivity index (χ4n) is 4.35. The third-order valence-corrected chi connectivity index (χ3v) is 6.88. The van der Waals surface area contributed by atoms with Gasteiger partial charge < -0.3 is 15.7 Å². The zero-order valence-electron chi connectivity index (χ0n) is 21.6. The molecule has 3 N–H and O–H groups in total. The van der Waals surface area contributed by atoms with Crippen molar-refractivity contribution < 1.29 is 18.7 Å². The zero-order valence-corrected chi connectivity index (χ0v) is 22.4. The molecule has 0 saturated carbocycles. The van der Waals surface area contributed by atoms with Crippen molar-refractivity contribution in [3.05, 3.63) is 81.7 Å². The average molecular weight is 515 g/mol. The predicted octanol–water partition coefficient (Wildman–Crippen LogP) is 5.79. The highest BCUT2D eigenvalue weighted by molar-refractivity contribution is 7.13. The van der Waals surface area contributed by atoms with E-state index >= 15 is 0 Å². The van der Waals surface area contributed by atoms with Crippen molar-refractivity contribution in [2.24, 2.45) is 5.41 Å². The van der Waals surface area contributed by atoms with Crippen LogP contribution in [0.5, 0.6) is 0 Å². The van der Waals surface area contributed by atoms with Crippen LogP contribution in [0.4, 0.5) is 8.78 Å². The third-order valence-electron chi connectivity index (χ3n) is 5.80. The number of thiophene rings is 1. The van der Waals surface area contributed by atoms with Crippen LogP contribution in [0, 0.1) is 24.0 Å². The van der Waals surface area contributed by atoms with Gasteiger partial charge in [-0.25, -0.2) is 8.78 Å². The number of hydrogen-bond donors (Lipinski definition) is 3. The number of aliphatic hydroxyl groups is 1. The van der Waals surface area contributed by atoms with E-state index < -0.39 is 23.8 Å². The number of benzene rings is 2. The number of nitrogens with one attached hydrogen (secondary N) is 2. The van der Waals surface area contributed by atoms with Crippen LogP contribution < -0.4 is 10.6 Å². The van der Waals surface area contributed by atoms with Crippen molar-refractivity contribution in [1.82, 2.24) is 10.6 Å². The van der Waals surface area contributed by atoms with Crippen LogP contribution in [-0.2, 0) is 24.2 Å². The maximum absolute atomic E-state index is 13.6. The molecule has 1 amide bonds. The third kappa shape index (κ3) is 8.50. The first kappa shape index (κ1) is 28.0. The minimum atomic E-state index is -0.953. The summed E-state index contributed by atoms with van der Waals surface area (Å²) >= 11 is 1.70. The van der Waals surface area contributed by atoms with E-state index in [2.05, 4.69) is 68.0 Å². The molecule has 0 fully saturated rings. The normalized spacial score (nSPS) is 13.4. The Labute approximate surface area is 216 Å². The molecule has 2 unspecified atom stereocenters. The Morgan fingerprint density at radius 3 is 2.33 bits per heavy atom. The number of aryl methyl sites for hydroxylation is 1. The molecule has 0 aliphatic heterocycles. The number of carbonyl (C=O) groups excluding carboxylic acids is 1. The van der Waals surface area contributed by atoms with Gasteiger partial charge in [0.25, 0.3) is 0 Å². The Bertz CT molecular complexity index is 1170. The van der Waals surface area contributed by atoms with Gasteiger partial charge in [0, 0.05) is 31.0 Å². The monoisotopic (exact) mass is 514 g/mol. The molecule has 36 heavy (non-hydrogen) atoms. The van der Waals surface area contributed by atoms with Gasteiger partial charge in [0.2, 0.25) is 5.91 Å². The van der Waals surface area contributed by atoms with Crippen molar-refractivity contribution in [1.29, 1.82) is 0 Å². The molecule has 1 heterocycles. The highest BCUT2D eigenvalue weighted by Gasteiger charge is 2.22. The first-order valence-electron chi connectivity index (χ1n) is 12.2. The first-order chi connectivity index (χ1) is 16.9. The number of amides is 1. The second-order valence-corrected chi connectivity index (χ2v) is 11.6. The van der Waals surface area contributed by atoms with E-state index in [1.165, 1.54) is 35.1 Å². The molecule has 0 aliphatic carbocycles. The minimum absolute atomic E-state index is 0.109. The van der Waals surface area contributed by atoms with Gasteiger partial charge in [0.15, 0.2) is 0 Å². The molecule has 3 rings (SSSR count). The van der Waals surface area contributed by atoms with Crippen LogP contribution in [0.2, 0.25) is 0 Å².